The molecular formula is C10H12N2O2. The molecule has 14 heavy (non-hydrogen) atoms. The van der Waals surface area contributed by atoms with Crippen LogP contribution < -0.4 is 11.5 Å². The molecule has 0 fully saturated rings. The fraction of sp³-hybridized carbons (Fsp3) is 0. The lowest BCUT2D eigenvalue weighted by Crippen LogP contribution is -2.20. The molecule has 1 aromatic carbocycles. The first-order chi connectivity index (χ1) is 6.63. The van der Waals surface area contributed by atoms with Gasteiger partial charge in [-0.1, -0.05) is 12.1 Å². The molecule has 2 amide bonds. The molecule has 4 N–H and O–H groups in total. The molecule has 0 bridgehead atoms. The zero-order chi connectivity index (χ0) is 11.1. The summed E-state index contributed by atoms with van der Waals surface area (Å²) in [5.41, 5.74) is 10.3. The topological polar surface area (TPSA) is 86.2 Å². The molecule has 0 unspecified atom stereocenters. The Balaban J connectivity index is 0.000000791. The van der Waals surface area contributed by atoms with E-state index in [0.29, 0.717) is 0 Å². The largest absolute Gasteiger partial charge is 0.366 e. The molecule has 4 nitrogen and oxygen atoms in total. The third-order valence-electron chi connectivity index (χ3n) is 1.46. The van der Waals surface area contributed by atoms with Gasteiger partial charge in [-0.05, 0) is 12.1 Å². The van der Waals surface area contributed by atoms with Crippen molar-refractivity contribution in [1.82, 2.24) is 0 Å². The molecule has 0 aliphatic rings. The molecule has 1 rings (SSSR count). The minimum Gasteiger partial charge on any atom is -0.366 e. The minimum atomic E-state index is -0.649. The van der Waals surface area contributed by atoms with Gasteiger partial charge in [-0.15, -0.1) is 13.2 Å². The number of hydrogen-bond acceptors (Lipinski definition) is 2. The van der Waals surface area contributed by atoms with Crippen molar-refractivity contribution >= 4 is 11.8 Å². The van der Waals surface area contributed by atoms with E-state index in [2.05, 4.69) is 13.2 Å². The maximum absolute atomic E-state index is 10.7. The van der Waals surface area contributed by atoms with Crippen LogP contribution in [-0.2, 0) is 0 Å². The van der Waals surface area contributed by atoms with Gasteiger partial charge >= 0.3 is 0 Å². The third-order valence-corrected chi connectivity index (χ3v) is 1.46. The molecule has 0 aromatic heterocycles. The van der Waals surface area contributed by atoms with Gasteiger partial charge in [0.05, 0.1) is 11.1 Å². The van der Waals surface area contributed by atoms with Gasteiger partial charge in [0.2, 0.25) is 11.8 Å². The van der Waals surface area contributed by atoms with Crippen LogP contribution >= 0.6 is 0 Å². The molecule has 0 heterocycles. The van der Waals surface area contributed by atoms with E-state index >= 15 is 0 Å². The number of hydrogen-bond donors (Lipinski definition) is 2. The molecular weight excluding hydrogens is 180 g/mol. The number of primary amides is 2. The van der Waals surface area contributed by atoms with Crippen molar-refractivity contribution in [2.75, 3.05) is 0 Å². The van der Waals surface area contributed by atoms with Crippen molar-refractivity contribution < 1.29 is 9.59 Å². The van der Waals surface area contributed by atoms with E-state index in [9.17, 15) is 9.59 Å². The quantitative estimate of drug-likeness (QED) is 0.675. The summed E-state index contributed by atoms with van der Waals surface area (Å²) in [7, 11) is 0. The zero-order valence-electron chi connectivity index (χ0n) is 7.69. The van der Waals surface area contributed by atoms with Gasteiger partial charge in [0.25, 0.3) is 0 Å². The van der Waals surface area contributed by atoms with Crippen LogP contribution in [0, 0.1) is 0 Å². The third kappa shape index (κ3) is 2.75. The van der Waals surface area contributed by atoms with Crippen LogP contribution in [0.5, 0.6) is 0 Å². The van der Waals surface area contributed by atoms with Crippen LogP contribution in [0.1, 0.15) is 20.7 Å². The summed E-state index contributed by atoms with van der Waals surface area (Å²) in [6.45, 7) is 6.00. The number of nitrogens with two attached hydrogens (primary N) is 2. The Hall–Kier alpha value is -2.10. The number of benzene rings is 1. The molecule has 0 aliphatic carbocycles. The molecule has 0 atom stereocenters. The van der Waals surface area contributed by atoms with E-state index in [1.807, 2.05) is 0 Å². The molecule has 4 heteroatoms. The van der Waals surface area contributed by atoms with E-state index in [1.54, 1.807) is 12.1 Å². The molecule has 0 radical (unpaired) electrons. The summed E-state index contributed by atoms with van der Waals surface area (Å²) in [5, 5.41) is 0. The first kappa shape index (κ1) is 11.9. The lowest BCUT2D eigenvalue weighted by atomic mass is 10.1. The average Bonchev–Trinajstić information content (AvgIpc) is 2.20. The van der Waals surface area contributed by atoms with Crippen LogP contribution in [0.2, 0.25) is 0 Å². The SMILES string of the molecule is C=C.NC(=O)c1ccccc1C(N)=O. The molecule has 0 spiro atoms. The highest BCUT2D eigenvalue weighted by Gasteiger charge is 2.10. The maximum Gasteiger partial charge on any atom is 0.249 e. The monoisotopic (exact) mass is 192 g/mol. The standard InChI is InChI=1S/C8H8N2O2.C2H4/c9-7(11)5-3-1-2-4-6(5)8(10)12;1-2/h1-4H,(H2,9,11)(H2,10,12);1-2H2. The highest BCUT2D eigenvalue weighted by molar-refractivity contribution is 6.06. The molecule has 1 aromatic rings. The Morgan fingerprint density at radius 1 is 0.929 bits per heavy atom. The Morgan fingerprint density at radius 2 is 1.21 bits per heavy atom. The summed E-state index contributed by atoms with van der Waals surface area (Å²) >= 11 is 0. The van der Waals surface area contributed by atoms with Crippen molar-refractivity contribution in [2.24, 2.45) is 11.5 Å². The normalized spacial score (nSPS) is 8.29. The fourth-order valence-corrected chi connectivity index (χ4v) is 0.913. The van der Waals surface area contributed by atoms with Crippen LogP contribution in [0.3, 0.4) is 0 Å². The second kappa shape index (κ2) is 5.53. The first-order valence-corrected chi connectivity index (χ1v) is 3.81. The summed E-state index contributed by atoms with van der Waals surface area (Å²) in [5.74, 6) is -1.30. The predicted octanol–water partition coefficient (Wildman–Crippen LogP) is 0.687. The summed E-state index contributed by atoms with van der Waals surface area (Å²) in [6, 6.07) is 6.16. The average molecular weight is 192 g/mol. The van der Waals surface area contributed by atoms with Crippen molar-refractivity contribution in [3.8, 4) is 0 Å². The smallest absolute Gasteiger partial charge is 0.249 e. The van der Waals surface area contributed by atoms with Gasteiger partial charge in [-0.25, -0.2) is 0 Å². The van der Waals surface area contributed by atoms with Crippen molar-refractivity contribution in [3.05, 3.63) is 48.6 Å². The van der Waals surface area contributed by atoms with Gasteiger partial charge < -0.3 is 11.5 Å². The number of carbonyl (C=O) groups excluding carboxylic acids is 2. The minimum absolute atomic E-state index is 0.157. The van der Waals surface area contributed by atoms with Gasteiger partial charge in [-0.2, -0.15) is 0 Å². The second-order valence-electron chi connectivity index (χ2n) is 2.27. The van der Waals surface area contributed by atoms with E-state index in [4.69, 9.17) is 11.5 Å². The van der Waals surface area contributed by atoms with E-state index in [-0.39, 0.29) is 11.1 Å². The Labute approximate surface area is 82.2 Å². The van der Waals surface area contributed by atoms with Gasteiger partial charge in [0.15, 0.2) is 0 Å². The maximum atomic E-state index is 10.7. The van der Waals surface area contributed by atoms with Gasteiger partial charge in [-0.3, -0.25) is 9.59 Å². The van der Waals surface area contributed by atoms with Crippen molar-refractivity contribution in [1.29, 1.82) is 0 Å². The predicted molar refractivity (Wildman–Crippen MR) is 54.7 cm³/mol. The Bertz CT molecular complexity index is 315. The number of rotatable bonds is 2. The van der Waals surface area contributed by atoms with Crippen LogP contribution in [0.4, 0.5) is 0 Å². The second-order valence-corrected chi connectivity index (χ2v) is 2.27. The van der Waals surface area contributed by atoms with E-state index < -0.39 is 11.8 Å². The van der Waals surface area contributed by atoms with Gasteiger partial charge in [0, 0.05) is 0 Å². The molecule has 0 saturated heterocycles. The van der Waals surface area contributed by atoms with Crippen LogP contribution in [0.15, 0.2) is 37.4 Å². The summed E-state index contributed by atoms with van der Waals surface area (Å²) in [6.07, 6.45) is 0. The van der Waals surface area contributed by atoms with E-state index in [0.717, 1.165) is 0 Å². The zero-order valence-corrected chi connectivity index (χ0v) is 7.69. The summed E-state index contributed by atoms with van der Waals surface area (Å²) in [4.78, 5) is 21.5. The molecule has 0 saturated carbocycles. The lowest BCUT2D eigenvalue weighted by molar-refractivity contribution is 0.0967. The lowest BCUT2D eigenvalue weighted by Gasteiger charge is -2.00. The van der Waals surface area contributed by atoms with E-state index in [1.165, 1.54) is 12.1 Å². The van der Waals surface area contributed by atoms with Crippen molar-refractivity contribution in [2.45, 2.75) is 0 Å². The van der Waals surface area contributed by atoms with Crippen molar-refractivity contribution in [3.63, 3.8) is 0 Å². The summed E-state index contributed by atoms with van der Waals surface area (Å²) < 4.78 is 0. The van der Waals surface area contributed by atoms with Crippen LogP contribution in [0.25, 0.3) is 0 Å². The Kier molecular flexibility index (Phi) is 4.70. The number of carbonyl (C=O) groups is 2. The molecule has 74 valence electrons. The first-order valence-electron chi connectivity index (χ1n) is 3.81. The molecule has 0 aliphatic heterocycles. The Morgan fingerprint density at radius 3 is 1.43 bits per heavy atom. The highest BCUT2D eigenvalue weighted by atomic mass is 16.2. The van der Waals surface area contributed by atoms with Gasteiger partial charge in [0.1, 0.15) is 0 Å². The van der Waals surface area contributed by atoms with Crippen LogP contribution in [-0.4, -0.2) is 11.8 Å². The number of amides is 2. The highest BCUT2D eigenvalue weighted by Crippen LogP contribution is 2.06. The fourth-order valence-electron chi connectivity index (χ4n) is 0.913.